The van der Waals surface area contributed by atoms with Crippen molar-refractivity contribution in [1.29, 1.82) is 0 Å². The van der Waals surface area contributed by atoms with Gasteiger partial charge in [0.25, 0.3) is 0 Å². The van der Waals surface area contributed by atoms with Crippen LogP contribution in [0.15, 0.2) is 67.3 Å². The van der Waals surface area contributed by atoms with Gasteiger partial charge in [0.1, 0.15) is 22.9 Å². The number of pyridine rings is 2. The van der Waals surface area contributed by atoms with E-state index in [4.69, 9.17) is 18.9 Å². The lowest BCUT2D eigenvalue weighted by Crippen LogP contribution is -2.47. The van der Waals surface area contributed by atoms with E-state index in [9.17, 15) is 22.8 Å². The van der Waals surface area contributed by atoms with E-state index >= 15 is 0 Å². The third-order valence-corrected chi connectivity index (χ3v) is 7.73. The van der Waals surface area contributed by atoms with Crippen LogP contribution in [0.3, 0.4) is 0 Å². The average molecular weight is 669 g/mol. The summed E-state index contributed by atoms with van der Waals surface area (Å²) in [6.07, 6.45) is 3.21. The Morgan fingerprint density at radius 2 is 1.85 bits per heavy atom. The second-order valence-electron chi connectivity index (χ2n) is 12.5. The number of nitrogens with zero attached hydrogens (tertiary/aromatic N) is 4. The molecule has 2 atom stereocenters. The van der Waals surface area contributed by atoms with Crippen molar-refractivity contribution in [3.8, 4) is 11.5 Å². The zero-order valence-electron chi connectivity index (χ0n) is 27.3. The minimum atomic E-state index is -4.51. The lowest BCUT2D eigenvalue weighted by Gasteiger charge is -2.37. The summed E-state index contributed by atoms with van der Waals surface area (Å²) in [6, 6.07) is 11.9. The van der Waals surface area contributed by atoms with Crippen LogP contribution in [0.25, 0.3) is 10.9 Å². The molecule has 0 N–H and O–H groups in total. The number of alkyl halides is 3. The smallest absolute Gasteiger partial charge is 0.422 e. The van der Waals surface area contributed by atoms with Gasteiger partial charge in [-0.3, -0.25) is 14.7 Å². The Labute approximate surface area is 276 Å². The van der Waals surface area contributed by atoms with E-state index in [1.54, 1.807) is 24.2 Å². The molecular formula is C35H39F3N4O6. The first-order chi connectivity index (χ1) is 22.8. The Kier molecular flexibility index (Phi) is 10.4. The maximum atomic E-state index is 13.3. The molecule has 3 aromatic heterocycles. The van der Waals surface area contributed by atoms with E-state index in [1.165, 1.54) is 18.5 Å². The van der Waals surface area contributed by atoms with Crippen LogP contribution in [0.4, 0.5) is 23.8 Å². The number of esters is 1. The number of fused-ring (bicyclic) bond motifs is 2. The van der Waals surface area contributed by atoms with Crippen molar-refractivity contribution in [2.45, 2.75) is 77.2 Å². The summed E-state index contributed by atoms with van der Waals surface area (Å²) in [4.78, 5) is 36.1. The van der Waals surface area contributed by atoms with Crippen molar-refractivity contribution in [2.24, 2.45) is 0 Å². The molecule has 0 radical (unpaired) electrons. The summed E-state index contributed by atoms with van der Waals surface area (Å²) < 4.78 is 62.2. The molecule has 4 aromatic rings. The molecular weight excluding hydrogens is 629 g/mol. The molecule has 0 aliphatic carbocycles. The van der Waals surface area contributed by atoms with Crippen LogP contribution in [-0.4, -0.2) is 64.2 Å². The van der Waals surface area contributed by atoms with E-state index in [1.807, 2.05) is 61.7 Å². The highest BCUT2D eigenvalue weighted by molar-refractivity contribution is 5.89. The summed E-state index contributed by atoms with van der Waals surface area (Å²) in [5, 5.41) is 0.824. The minimum absolute atomic E-state index is 0.0618. The van der Waals surface area contributed by atoms with Crippen LogP contribution < -0.4 is 14.4 Å². The number of aryl methyl sites for hydroxylation is 1. The molecule has 1 amide bonds. The predicted octanol–water partition coefficient (Wildman–Crippen LogP) is 7.44. The van der Waals surface area contributed by atoms with Crippen molar-refractivity contribution < 1.29 is 41.7 Å². The van der Waals surface area contributed by atoms with Crippen molar-refractivity contribution in [3.63, 3.8) is 0 Å². The quantitative estimate of drug-likeness (QED) is 0.152. The van der Waals surface area contributed by atoms with Crippen LogP contribution in [0.1, 0.15) is 64.1 Å². The average Bonchev–Trinajstić information content (AvgIpc) is 3.44. The van der Waals surface area contributed by atoms with E-state index in [0.29, 0.717) is 30.2 Å². The van der Waals surface area contributed by atoms with Crippen LogP contribution in [0.5, 0.6) is 11.5 Å². The Bertz CT molecular complexity index is 1740. The zero-order chi connectivity index (χ0) is 34.5. The molecule has 0 bridgehead atoms. The molecule has 10 nitrogen and oxygen atoms in total. The molecule has 0 saturated heterocycles. The van der Waals surface area contributed by atoms with Crippen LogP contribution in [-0.2, 0) is 20.7 Å². The summed E-state index contributed by atoms with van der Waals surface area (Å²) in [5.74, 6) is 0.695. The number of aromatic nitrogens is 3. The van der Waals surface area contributed by atoms with Gasteiger partial charge < -0.3 is 23.5 Å². The van der Waals surface area contributed by atoms with Crippen LogP contribution >= 0.6 is 0 Å². The molecule has 5 rings (SSSR count). The monoisotopic (exact) mass is 668 g/mol. The molecule has 13 heteroatoms. The molecule has 1 aliphatic heterocycles. The Morgan fingerprint density at radius 1 is 1.04 bits per heavy atom. The Balaban J connectivity index is 1.32. The van der Waals surface area contributed by atoms with Gasteiger partial charge in [0, 0.05) is 42.0 Å². The van der Waals surface area contributed by atoms with Gasteiger partial charge in [-0.1, -0.05) is 6.07 Å². The molecule has 4 heterocycles. The topological polar surface area (TPSA) is 105 Å². The minimum Gasteiger partial charge on any atom is -0.493 e. The largest absolute Gasteiger partial charge is 0.493 e. The van der Waals surface area contributed by atoms with Gasteiger partial charge in [0.15, 0.2) is 6.61 Å². The maximum Gasteiger partial charge on any atom is 0.422 e. The zero-order valence-corrected chi connectivity index (χ0v) is 27.3. The standard InChI is InChI=1S/C35H39F3N4O6/c1-5-45-31(43)19-30(25-18-28(21-39-20-25)47-22-35(36,37)38)41-15-12-24-17-27(10-11-29(24)41)46-16-13-26-9-8-23-7-6-14-40-32(23)42(26)33(44)48-34(2,3)4/h6-7,10-12,14-15,17-18,20-21,26,30H,5,8-9,13,16,19,22H2,1-4H3. The summed E-state index contributed by atoms with van der Waals surface area (Å²) >= 11 is 0. The van der Waals surface area contributed by atoms with Gasteiger partial charge >= 0.3 is 18.2 Å². The third-order valence-electron chi connectivity index (χ3n) is 7.73. The SMILES string of the molecule is CCOC(=O)CC(c1cncc(OCC(F)(F)F)c1)n1ccc2cc(OCCC3CCc4cccnc4N3C(=O)OC(C)(C)C)ccc21. The number of amides is 1. The summed E-state index contributed by atoms with van der Waals surface area (Å²) in [7, 11) is 0. The van der Waals surface area contributed by atoms with Gasteiger partial charge in [-0.2, -0.15) is 13.2 Å². The molecule has 1 aromatic carbocycles. The van der Waals surface area contributed by atoms with E-state index in [0.717, 1.165) is 29.3 Å². The number of ether oxygens (including phenoxy) is 4. The fourth-order valence-corrected chi connectivity index (χ4v) is 5.72. The van der Waals surface area contributed by atoms with Gasteiger partial charge in [0.05, 0.1) is 31.9 Å². The molecule has 48 heavy (non-hydrogen) atoms. The Morgan fingerprint density at radius 3 is 2.60 bits per heavy atom. The van der Waals surface area contributed by atoms with Crippen molar-refractivity contribution in [3.05, 3.63) is 78.4 Å². The number of carbonyl (C=O) groups excluding carboxylic acids is 2. The summed E-state index contributed by atoms with van der Waals surface area (Å²) in [5.41, 5.74) is 1.59. The number of hydrogen-bond donors (Lipinski definition) is 0. The van der Waals surface area contributed by atoms with Crippen LogP contribution in [0.2, 0.25) is 0 Å². The molecule has 2 unspecified atom stereocenters. The molecule has 0 spiro atoms. The third kappa shape index (κ3) is 8.75. The van der Waals surface area contributed by atoms with Crippen LogP contribution in [0, 0.1) is 0 Å². The van der Waals surface area contributed by atoms with E-state index in [2.05, 4.69) is 9.97 Å². The molecule has 0 fully saturated rings. The fraction of sp³-hybridized carbons (Fsp3) is 0.429. The molecule has 256 valence electrons. The van der Waals surface area contributed by atoms with Gasteiger partial charge in [-0.05, 0) is 88.1 Å². The first-order valence-electron chi connectivity index (χ1n) is 15.8. The normalized spacial score (nSPS) is 15.5. The van der Waals surface area contributed by atoms with E-state index in [-0.39, 0.29) is 24.8 Å². The van der Waals surface area contributed by atoms with Crippen molar-refractivity contribution in [1.82, 2.24) is 14.5 Å². The lowest BCUT2D eigenvalue weighted by atomic mass is 9.97. The fourth-order valence-electron chi connectivity index (χ4n) is 5.72. The molecule has 1 aliphatic rings. The van der Waals surface area contributed by atoms with Gasteiger partial charge in [0.2, 0.25) is 0 Å². The highest BCUT2D eigenvalue weighted by Gasteiger charge is 2.35. The number of carbonyl (C=O) groups is 2. The van der Waals surface area contributed by atoms with Gasteiger partial charge in [-0.15, -0.1) is 0 Å². The highest BCUT2D eigenvalue weighted by atomic mass is 19.4. The summed E-state index contributed by atoms with van der Waals surface area (Å²) in [6.45, 7) is 6.25. The molecule has 0 saturated carbocycles. The number of benzene rings is 1. The van der Waals surface area contributed by atoms with Gasteiger partial charge in [-0.25, -0.2) is 9.78 Å². The number of rotatable bonds is 11. The van der Waals surface area contributed by atoms with E-state index < -0.39 is 36.5 Å². The lowest BCUT2D eigenvalue weighted by molar-refractivity contribution is -0.153. The number of halogens is 3. The second kappa shape index (κ2) is 14.5. The maximum absolute atomic E-state index is 13.3. The predicted molar refractivity (Wildman–Crippen MR) is 172 cm³/mol. The number of anilines is 1. The first kappa shape index (κ1) is 34.5. The second-order valence-corrected chi connectivity index (χ2v) is 12.5. The first-order valence-corrected chi connectivity index (χ1v) is 15.8. The highest BCUT2D eigenvalue weighted by Crippen LogP contribution is 2.34. The van der Waals surface area contributed by atoms with Crippen molar-refractivity contribution >= 4 is 28.8 Å². The Hall–Kier alpha value is -4.81. The number of hydrogen-bond acceptors (Lipinski definition) is 8. The van der Waals surface area contributed by atoms with Crippen molar-refractivity contribution in [2.75, 3.05) is 24.7 Å².